The van der Waals surface area contributed by atoms with Crippen LogP contribution in [0.4, 0.5) is 0 Å². The molecule has 1 aliphatic rings. The van der Waals surface area contributed by atoms with Gasteiger partial charge in [0.1, 0.15) is 5.75 Å². The molecule has 0 radical (unpaired) electrons. The van der Waals surface area contributed by atoms with E-state index in [1.54, 1.807) is 7.11 Å². The van der Waals surface area contributed by atoms with Crippen LogP contribution in [0, 0.1) is 0 Å². The lowest BCUT2D eigenvalue weighted by Crippen LogP contribution is -2.24. The minimum absolute atomic E-state index is 0.486. The number of aromatic nitrogens is 1. The van der Waals surface area contributed by atoms with Gasteiger partial charge in [-0.1, -0.05) is 19.1 Å². The first-order valence-electron chi connectivity index (χ1n) is 6.76. The Morgan fingerprint density at radius 3 is 3.11 bits per heavy atom. The third-order valence-electron chi connectivity index (χ3n) is 3.86. The predicted molar refractivity (Wildman–Crippen MR) is 74.2 cm³/mol. The monoisotopic (exact) mass is 244 g/mol. The zero-order chi connectivity index (χ0) is 12.5. The Hall–Kier alpha value is -1.48. The molecule has 0 bridgehead atoms. The standard InChI is InChI=1S/C15H20N2O/c1-3-16-11-7-5-8-12-14(11)10-6-4-9-13(18-2)15(10)17-12/h4,6,9,11,16-17H,3,5,7-8H2,1-2H3. The number of para-hydroxylation sites is 1. The highest BCUT2D eigenvalue weighted by molar-refractivity contribution is 5.90. The zero-order valence-electron chi connectivity index (χ0n) is 11.0. The molecule has 1 aliphatic carbocycles. The van der Waals surface area contributed by atoms with Gasteiger partial charge in [-0.05, 0) is 37.4 Å². The molecule has 1 unspecified atom stereocenters. The van der Waals surface area contributed by atoms with Gasteiger partial charge in [0, 0.05) is 17.1 Å². The molecular formula is C15H20N2O. The topological polar surface area (TPSA) is 37.0 Å². The molecule has 1 heterocycles. The van der Waals surface area contributed by atoms with Crippen molar-refractivity contribution in [2.45, 2.75) is 32.2 Å². The number of hydrogen-bond acceptors (Lipinski definition) is 2. The molecule has 1 aromatic carbocycles. The lowest BCUT2D eigenvalue weighted by atomic mass is 9.90. The zero-order valence-corrected chi connectivity index (χ0v) is 11.0. The second-order valence-corrected chi connectivity index (χ2v) is 4.90. The number of aromatic amines is 1. The Kier molecular flexibility index (Phi) is 3.00. The van der Waals surface area contributed by atoms with E-state index in [2.05, 4.69) is 29.4 Å². The Morgan fingerprint density at radius 1 is 1.44 bits per heavy atom. The fourth-order valence-corrected chi connectivity index (χ4v) is 3.11. The molecule has 3 rings (SSSR count). The average molecular weight is 244 g/mol. The van der Waals surface area contributed by atoms with E-state index in [9.17, 15) is 0 Å². The van der Waals surface area contributed by atoms with E-state index in [0.29, 0.717) is 6.04 Å². The number of rotatable bonds is 3. The van der Waals surface area contributed by atoms with Crippen LogP contribution in [-0.4, -0.2) is 18.6 Å². The average Bonchev–Trinajstić information content (AvgIpc) is 2.78. The van der Waals surface area contributed by atoms with Crippen LogP contribution in [-0.2, 0) is 6.42 Å². The van der Waals surface area contributed by atoms with Crippen molar-refractivity contribution >= 4 is 10.9 Å². The maximum Gasteiger partial charge on any atom is 0.142 e. The summed E-state index contributed by atoms with van der Waals surface area (Å²) in [5.41, 5.74) is 3.98. The summed E-state index contributed by atoms with van der Waals surface area (Å²) in [6.07, 6.45) is 3.62. The Bertz CT molecular complexity index is 559. The Morgan fingerprint density at radius 2 is 2.33 bits per heavy atom. The van der Waals surface area contributed by atoms with Crippen molar-refractivity contribution in [3.05, 3.63) is 29.5 Å². The van der Waals surface area contributed by atoms with Crippen molar-refractivity contribution in [1.29, 1.82) is 0 Å². The minimum atomic E-state index is 0.486. The largest absolute Gasteiger partial charge is 0.495 e. The molecule has 1 aromatic heterocycles. The summed E-state index contributed by atoms with van der Waals surface area (Å²) in [6.45, 7) is 3.18. The quantitative estimate of drug-likeness (QED) is 0.870. The smallest absolute Gasteiger partial charge is 0.142 e. The summed E-state index contributed by atoms with van der Waals surface area (Å²) < 4.78 is 5.45. The van der Waals surface area contributed by atoms with Crippen molar-refractivity contribution in [3.63, 3.8) is 0 Å². The van der Waals surface area contributed by atoms with Crippen LogP contribution in [0.1, 0.15) is 37.1 Å². The van der Waals surface area contributed by atoms with E-state index in [0.717, 1.165) is 24.2 Å². The SMILES string of the molecule is CCNC1CCCc2[nH]c3c(OC)cccc3c21. The molecule has 0 saturated heterocycles. The van der Waals surface area contributed by atoms with E-state index >= 15 is 0 Å². The number of fused-ring (bicyclic) bond motifs is 3. The van der Waals surface area contributed by atoms with Crippen molar-refractivity contribution in [1.82, 2.24) is 10.3 Å². The number of benzene rings is 1. The lowest BCUT2D eigenvalue weighted by Gasteiger charge is -2.23. The first kappa shape index (κ1) is 11.6. The first-order valence-corrected chi connectivity index (χ1v) is 6.76. The van der Waals surface area contributed by atoms with Gasteiger partial charge >= 0.3 is 0 Å². The van der Waals surface area contributed by atoms with Gasteiger partial charge in [-0.2, -0.15) is 0 Å². The highest BCUT2D eigenvalue weighted by Gasteiger charge is 2.24. The van der Waals surface area contributed by atoms with Crippen LogP contribution in [0.15, 0.2) is 18.2 Å². The molecule has 3 nitrogen and oxygen atoms in total. The van der Waals surface area contributed by atoms with E-state index in [1.807, 2.05) is 6.07 Å². The van der Waals surface area contributed by atoms with Gasteiger partial charge in [-0.3, -0.25) is 0 Å². The highest BCUT2D eigenvalue weighted by Crippen LogP contribution is 2.38. The summed E-state index contributed by atoms with van der Waals surface area (Å²) >= 11 is 0. The van der Waals surface area contributed by atoms with Crippen LogP contribution >= 0.6 is 0 Å². The maximum atomic E-state index is 5.45. The summed E-state index contributed by atoms with van der Waals surface area (Å²) in [5, 5.41) is 4.91. The van der Waals surface area contributed by atoms with Crippen molar-refractivity contribution in [2.24, 2.45) is 0 Å². The second kappa shape index (κ2) is 4.65. The van der Waals surface area contributed by atoms with Crippen LogP contribution in [0.2, 0.25) is 0 Å². The van der Waals surface area contributed by atoms with E-state index in [4.69, 9.17) is 4.74 Å². The molecule has 0 aliphatic heterocycles. The van der Waals surface area contributed by atoms with Gasteiger partial charge in [0.2, 0.25) is 0 Å². The molecule has 18 heavy (non-hydrogen) atoms. The van der Waals surface area contributed by atoms with Crippen LogP contribution in [0.3, 0.4) is 0 Å². The number of nitrogens with one attached hydrogen (secondary N) is 2. The third-order valence-corrected chi connectivity index (χ3v) is 3.86. The fraction of sp³-hybridized carbons (Fsp3) is 0.467. The van der Waals surface area contributed by atoms with E-state index in [1.165, 1.54) is 29.5 Å². The molecule has 2 aromatic rings. The molecular weight excluding hydrogens is 224 g/mol. The van der Waals surface area contributed by atoms with Gasteiger partial charge < -0.3 is 15.0 Å². The minimum Gasteiger partial charge on any atom is -0.495 e. The number of hydrogen-bond donors (Lipinski definition) is 2. The molecule has 2 N–H and O–H groups in total. The Labute approximate surface area is 108 Å². The Balaban J connectivity index is 2.19. The number of methoxy groups -OCH3 is 1. The van der Waals surface area contributed by atoms with Crippen LogP contribution in [0.5, 0.6) is 5.75 Å². The van der Waals surface area contributed by atoms with Crippen molar-refractivity contribution in [2.75, 3.05) is 13.7 Å². The van der Waals surface area contributed by atoms with Gasteiger partial charge in [-0.25, -0.2) is 0 Å². The molecule has 0 amide bonds. The lowest BCUT2D eigenvalue weighted by molar-refractivity contribution is 0.419. The predicted octanol–water partition coefficient (Wildman–Crippen LogP) is 3.16. The summed E-state index contributed by atoms with van der Waals surface area (Å²) in [6, 6.07) is 6.78. The van der Waals surface area contributed by atoms with Crippen LogP contribution in [0.25, 0.3) is 10.9 Å². The third kappa shape index (κ3) is 1.70. The molecule has 0 spiro atoms. The van der Waals surface area contributed by atoms with Gasteiger partial charge in [0.05, 0.1) is 12.6 Å². The molecule has 0 fully saturated rings. The summed E-state index contributed by atoms with van der Waals surface area (Å²) in [5.74, 6) is 0.942. The summed E-state index contributed by atoms with van der Waals surface area (Å²) in [7, 11) is 1.73. The first-order chi connectivity index (χ1) is 8.85. The van der Waals surface area contributed by atoms with Gasteiger partial charge in [0.25, 0.3) is 0 Å². The maximum absolute atomic E-state index is 5.45. The second-order valence-electron chi connectivity index (χ2n) is 4.90. The molecule has 3 heteroatoms. The fourth-order valence-electron chi connectivity index (χ4n) is 3.11. The molecule has 96 valence electrons. The number of H-pyrrole nitrogens is 1. The van der Waals surface area contributed by atoms with E-state index in [-0.39, 0.29) is 0 Å². The van der Waals surface area contributed by atoms with Crippen LogP contribution < -0.4 is 10.1 Å². The summed E-state index contributed by atoms with van der Waals surface area (Å²) in [4.78, 5) is 3.56. The molecule has 1 atom stereocenters. The van der Waals surface area contributed by atoms with E-state index < -0.39 is 0 Å². The van der Waals surface area contributed by atoms with Crippen molar-refractivity contribution < 1.29 is 4.74 Å². The van der Waals surface area contributed by atoms with Crippen molar-refractivity contribution in [3.8, 4) is 5.75 Å². The van der Waals surface area contributed by atoms with Gasteiger partial charge in [0.15, 0.2) is 0 Å². The molecule has 0 saturated carbocycles. The number of ether oxygens (including phenoxy) is 1. The van der Waals surface area contributed by atoms with Gasteiger partial charge in [-0.15, -0.1) is 0 Å². The normalized spacial score (nSPS) is 18.9. The highest BCUT2D eigenvalue weighted by atomic mass is 16.5. The number of aryl methyl sites for hydroxylation is 1.